The summed E-state index contributed by atoms with van der Waals surface area (Å²) >= 11 is 0. The van der Waals surface area contributed by atoms with Crippen molar-refractivity contribution in [3.63, 3.8) is 0 Å². The lowest BCUT2D eigenvalue weighted by atomic mass is 9.65. The van der Waals surface area contributed by atoms with E-state index in [1.54, 1.807) is 18.2 Å². The number of rotatable bonds is 20. The third kappa shape index (κ3) is 13.4. The van der Waals surface area contributed by atoms with Crippen molar-refractivity contribution in [3.05, 3.63) is 167 Å². The molecule has 4 nitrogen and oxygen atoms in total. The summed E-state index contributed by atoms with van der Waals surface area (Å²) in [7, 11) is -1.26. The molecule has 0 aliphatic carbocycles. The van der Waals surface area contributed by atoms with Crippen LogP contribution in [0.25, 0.3) is 0 Å². The van der Waals surface area contributed by atoms with Gasteiger partial charge >= 0.3 is 0 Å². The second kappa shape index (κ2) is 23.3. The Bertz CT molecular complexity index is 2390. The number of hydrogen-bond donors (Lipinski definition) is 0. The lowest BCUT2D eigenvalue weighted by Gasteiger charge is -2.27. The first-order chi connectivity index (χ1) is 30.2. The van der Waals surface area contributed by atoms with Crippen LogP contribution in [0.3, 0.4) is 0 Å². The van der Waals surface area contributed by atoms with Gasteiger partial charge in [-0.3, -0.25) is 12.7 Å². The molecule has 7 heteroatoms. The molecule has 2 heterocycles. The Labute approximate surface area is 381 Å². The van der Waals surface area contributed by atoms with Crippen LogP contribution >= 0.6 is 0 Å². The van der Waals surface area contributed by atoms with Crippen molar-refractivity contribution < 1.29 is 17.4 Å². The van der Waals surface area contributed by atoms with Crippen molar-refractivity contribution in [1.29, 1.82) is 0 Å². The summed E-state index contributed by atoms with van der Waals surface area (Å²) in [6.45, 7) is 17.8. The first-order valence-electron chi connectivity index (χ1n) is 23.4. The van der Waals surface area contributed by atoms with Crippen molar-refractivity contribution >= 4 is 39.7 Å². The van der Waals surface area contributed by atoms with Crippen molar-refractivity contribution in [2.24, 2.45) is 0 Å². The molecule has 0 unspecified atom stereocenters. The van der Waals surface area contributed by atoms with E-state index in [1.807, 2.05) is 43.7 Å². The normalized spacial score (nSPS) is 16.1. The lowest BCUT2D eigenvalue weighted by Crippen LogP contribution is -2.28. The Hall–Kier alpha value is -4.75. The molecule has 2 aliphatic heterocycles. The number of aryl methyl sites for hydroxylation is 1. The van der Waals surface area contributed by atoms with Crippen LogP contribution in [0.2, 0.25) is 0 Å². The molecule has 4 aromatic rings. The quantitative estimate of drug-likeness (QED) is 0.0385. The van der Waals surface area contributed by atoms with Gasteiger partial charge in [-0.15, -0.1) is 6.07 Å². The Morgan fingerprint density at radius 1 is 0.698 bits per heavy atom. The minimum Gasteiger partial charge on any atom is -0.344 e. The molecule has 334 valence electrons. The van der Waals surface area contributed by atoms with Gasteiger partial charge in [0.15, 0.2) is 15.5 Å². The topological polar surface area (TPSA) is 40.4 Å². The van der Waals surface area contributed by atoms with E-state index in [-0.39, 0.29) is 16.6 Å². The summed E-state index contributed by atoms with van der Waals surface area (Å²) < 4.78 is 40.1. The molecule has 63 heavy (non-hydrogen) atoms. The van der Waals surface area contributed by atoms with Crippen LogP contribution in [-0.2, 0) is 27.0 Å². The Morgan fingerprint density at radius 2 is 1.38 bits per heavy atom. The van der Waals surface area contributed by atoms with Crippen LogP contribution < -0.4 is 10.4 Å². The third-order valence-electron chi connectivity index (χ3n) is 12.5. The van der Waals surface area contributed by atoms with Crippen LogP contribution in [0.1, 0.15) is 128 Å². The van der Waals surface area contributed by atoms with Gasteiger partial charge in [-0.1, -0.05) is 169 Å². The molecule has 0 N–H and O–H groups in total. The highest BCUT2D eigenvalue weighted by molar-refractivity contribution is 7.90. The van der Waals surface area contributed by atoms with Gasteiger partial charge in [0.25, 0.3) is 0 Å². The highest BCUT2D eigenvalue weighted by Gasteiger charge is 2.44. The van der Waals surface area contributed by atoms with Gasteiger partial charge in [-0.05, 0) is 69.5 Å². The summed E-state index contributed by atoms with van der Waals surface area (Å²) in [6.07, 6.45) is 29.8. The van der Waals surface area contributed by atoms with Crippen molar-refractivity contribution in [3.8, 4) is 0 Å². The highest BCUT2D eigenvalue weighted by Crippen LogP contribution is 2.48. The maximum absolute atomic E-state index is 12.9. The number of halogens is 1. The summed E-state index contributed by atoms with van der Waals surface area (Å²) in [5.74, 6) is -0.184. The number of anilines is 1. The maximum Gasteiger partial charge on any atom is 0.209 e. The molecule has 0 amide bonds. The molecule has 0 fully saturated rings. The van der Waals surface area contributed by atoms with E-state index >= 15 is 0 Å². The number of unbranched alkanes of at least 4 members (excludes halogenated alkanes) is 8. The fraction of sp³-hybridized carbons (Fsp3) is 0.411. The van der Waals surface area contributed by atoms with E-state index in [1.165, 1.54) is 104 Å². The van der Waals surface area contributed by atoms with Crippen molar-refractivity contribution in [2.45, 2.75) is 135 Å². The lowest BCUT2D eigenvalue weighted by molar-refractivity contribution is -0.438. The van der Waals surface area contributed by atoms with Crippen molar-refractivity contribution in [2.75, 3.05) is 24.2 Å². The number of nitrogens with zero attached hydrogens (tertiary/aromatic N) is 2. The minimum atomic E-state index is -3.28. The average Bonchev–Trinajstić information content (AvgIpc) is 3.59. The highest BCUT2D eigenvalue weighted by atomic mass is 32.2. The van der Waals surface area contributed by atoms with E-state index in [0.29, 0.717) is 4.90 Å². The van der Waals surface area contributed by atoms with E-state index in [9.17, 15) is 12.8 Å². The predicted octanol–water partition coefficient (Wildman–Crippen LogP) is 13.4. The molecule has 2 radical (unpaired) electrons. The maximum atomic E-state index is 12.9. The number of sulfone groups is 1. The number of benzene rings is 4. The second-order valence-electron chi connectivity index (χ2n) is 18.4. The molecular weight excluding hydrogens is 795 g/mol. The minimum absolute atomic E-state index is 0.0462. The molecular formula is C56H72BFN2O2S. The predicted molar refractivity (Wildman–Crippen MR) is 269 cm³/mol. The van der Waals surface area contributed by atoms with Gasteiger partial charge in [0.05, 0.1) is 10.3 Å². The Morgan fingerprint density at radius 3 is 2.08 bits per heavy atom. The largest absolute Gasteiger partial charge is 0.344 e. The monoisotopic (exact) mass is 867 g/mol. The van der Waals surface area contributed by atoms with Crippen LogP contribution in [0.5, 0.6) is 0 Å². The molecule has 0 bridgehead atoms. The summed E-state index contributed by atoms with van der Waals surface area (Å²) in [5.41, 5.74) is 10.7. The second-order valence-corrected chi connectivity index (χ2v) is 20.4. The molecule has 2 aliphatic rings. The number of allylic oxidation sites excluding steroid dienone is 8. The third-order valence-corrected chi connectivity index (χ3v) is 13.6. The van der Waals surface area contributed by atoms with Gasteiger partial charge in [0, 0.05) is 53.7 Å². The molecule has 0 aromatic heterocycles. The fourth-order valence-electron chi connectivity index (χ4n) is 8.87. The zero-order valence-electron chi connectivity index (χ0n) is 39.5. The van der Waals surface area contributed by atoms with E-state index in [4.69, 9.17) is 0 Å². The zero-order chi connectivity index (χ0) is 45.5. The Kier molecular flexibility index (Phi) is 18.2. The average molecular weight is 867 g/mol. The molecule has 0 atom stereocenters. The van der Waals surface area contributed by atoms with Crippen molar-refractivity contribution in [1.82, 2.24) is 0 Å². The van der Waals surface area contributed by atoms with Gasteiger partial charge < -0.3 is 4.90 Å². The molecule has 0 spiro atoms. The van der Waals surface area contributed by atoms with Crippen LogP contribution in [0.4, 0.5) is 15.8 Å². The van der Waals surface area contributed by atoms with E-state index in [0.717, 1.165) is 42.5 Å². The summed E-state index contributed by atoms with van der Waals surface area (Å²) in [4.78, 5) is 2.94. The number of hydrogen-bond acceptors (Lipinski definition) is 3. The van der Waals surface area contributed by atoms with Crippen LogP contribution in [0.15, 0.2) is 144 Å². The van der Waals surface area contributed by atoms with Gasteiger partial charge in [0.2, 0.25) is 5.69 Å². The van der Waals surface area contributed by atoms with Gasteiger partial charge in [-0.2, -0.15) is 4.58 Å². The molecule has 0 saturated heterocycles. The Balaban J connectivity index is 0.000000417. The first kappa shape index (κ1) is 49.3. The number of fused-ring (bicyclic) bond motifs is 2. The van der Waals surface area contributed by atoms with Gasteiger partial charge in [-0.25, -0.2) is 19.1 Å². The van der Waals surface area contributed by atoms with E-state index < -0.39 is 9.84 Å². The summed E-state index contributed by atoms with van der Waals surface area (Å²) in [6, 6.07) is 29.4. The molecule has 6 rings (SSSR count). The van der Waals surface area contributed by atoms with E-state index in [2.05, 4.69) is 131 Å². The van der Waals surface area contributed by atoms with Crippen LogP contribution in [-0.4, -0.2) is 45.3 Å². The zero-order valence-corrected chi connectivity index (χ0v) is 40.3. The standard InChI is InChI=1S/C43H61N2O2S.C13H11BF/c1-9-11-13-18-22-30-44-38-28-26-34(3)32-36(38)42(4,5)40(44)24-20-16-15-17-21-25-41-43(6,7)37-33-35(48(8,46)47)27-29-39(37)45(41)31-23-19-14-12-10-2;15-13-8-4-7-12(9-13)14-10-11-5-2-1-3-6-11/h15-17,20-21,24-29,32-33H,9-14,18-19,22-23,30-31H2,1-8H3;1-9H,10H2/q+1;-1. The molecule has 0 saturated carbocycles. The SMILES string of the molecule is CCCCCCCN1C(=CC=CC=CC=CC2=[N+](CCCCCCC)c3ccc(S(C)(=O)=O)cc3C2(C)C)C(C)(C)c2cc(C)ccc21.Fc1cccc([B-]Cc2ccccc2)c1. The smallest absolute Gasteiger partial charge is 0.209 e. The first-order valence-corrected chi connectivity index (χ1v) is 25.3. The van der Waals surface area contributed by atoms with Crippen LogP contribution in [0, 0.1) is 12.7 Å². The summed E-state index contributed by atoms with van der Waals surface area (Å²) in [5, 5.41) is 0. The fourth-order valence-corrected chi connectivity index (χ4v) is 9.52. The van der Waals surface area contributed by atoms with Gasteiger partial charge in [0.1, 0.15) is 12.4 Å². The molecule has 4 aromatic carbocycles.